The van der Waals surface area contributed by atoms with Crippen molar-refractivity contribution in [2.45, 2.75) is 0 Å². The Labute approximate surface area is 411 Å². The largest absolute Gasteiger partial charge is 0.254 e. The number of thiophene rings is 2. The second kappa shape index (κ2) is 16.5. The van der Waals surface area contributed by atoms with Crippen molar-refractivity contribution in [3.63, 3.8) is 0 Å². The smallest absolute Gasteiger partial charge is 0.160 e. The minimum absolute atomic E-state index is 0.637. The predicted molar refractivity (Wildman–Crippen MR) is 296 cm³/mol. The minimum Gasteiger partial charge on any atom is -0.254 e. The van der Waals surface area contributed by atoms with E-state index in [1.54, 1.807) is 0 Å². The molecule has 14 rings (SSSR count). The second-order valence-electron chi connectivity index (χ2n) is 17.8. The maximum absolute atomic E-state index is 5.32. The summed E-state index contributed by atoms with van der Waals surface area (Å²) in [7, 11) is 0. The fourth-order valence-corrected chi connectivity index (χ4v) is 12.1. The summed E-state index contributed by atoms with van der Waals surface area (Å²) in [6.45, 7) is 0. The standard InChI is InChI=1S/C64H38N4S2/c1-2-9-45(10-3-1)64-67-56(38-57(68-64)55-29-26-44-25-24-43-11-8-32-65-62(43)63(44)66-55)50-34-48(41-20-16-39(17-21-41)46-27-30-60-53(36-46)51-12-4-6-14-58(51)69-60)33-49(35-50)42-22-18-40(19-23-42)47-28-31-61-54(37-47)52-13-5-7-15-59(52)70-61/h1-38H. The van der Waals surface area contributed by atoms with Gasteiger partial charge in [0.2, 0.25) is 0 Å². The molecule has 5 aromatic heterocycles. The van der Waals surface area contributed by atoms with Gasteiger partial charge in [-0.05, 0) is 117 Å². The zero-order chi connectivity index (χ0) is 46.1. The van der Waals surface area contributed by atoms with E-state index in [0.717, 1.165) is 72.3 Å². The summed E-state index contributed by atoms with van der Waals surface area (Å²) >= 11 is 3.70. The molecule has 0 atom stereocenters. The Kier molecular flexibility index (Phi) is 9.54. The van der Waals surface area contributed by atoms with Crippen LogP contribution in [0.1, 0.15) is 0 Å². The second-order valence-corrected chi connectivity index (χ2v) is 20.0. The SMILES string of the molecule is c1ccc(-c2nc(-c3cc(-c4ccc(-c5ccc6sc7ccccc7c6c5)cc4)cc(-c4ccc(-c5ccc6sc7ccccc7c6c5)cc4)c3)cc(-c3ccc4ccc5cccnc5c4n3)n2)cc1. The molecule has 4 nitrogen and oxygen atoms in total. The molecule has 5 heterocycles. The highest BCUT2D eigenvalue weighted by molar-refractivity contribution is 7.26. The van der Waals surface area contributed by atoms with Crippen LogP contribution in [-0.2, 0) is 0 Å². The van der Waals surface area contributed by atoms with Crippen LogP contribution in [0, 0.1) is 0 Å². The van der Waals surface area contributed by atoms with E-state index in [4.69, 9.17) is 19.9 Å². The van der Waals surface area contributed by atoms with Crippen molar-refractivity contribution in [1.82, 2.24) is 19.9 Å². The lowest BCUT2D eigenvalue weighted by molar-refractivity contribution is 1.17. The third-order valence-electron chi connectivity index (χ3n) is 13.5. The van der Waals surface area contributed by atoms with Crippen LogP contribution < -0.4 is 0 Å². The third kappa shape index (κ3) is 7.12. The number of nitrogens with zero attached hydrogens (tertiary/aromatic N) is 4. The highest BCUT2D eigenvalue weighted by Crippen LogP contribution is 2.40. The molecule has 9 aromatic carbocycles. The molecule has 0 fully saturated rings. The van der Waals surface area contributed by atoms with Crippen molar-refractivity contribution in [2.75, 3.05) is 0 Å². The number of rotatable bonds is 7. The van der Waals surface area contributed by atoms with Crippen LogP contribution in [-0.4, -0.2) is 19.9 Å². The molecule has 14 aromatic rings. The Hall–Kier alpha value is -8.68. The van der Waals surface area contributed by atoms with Gasteiger partial charge >= 0.3 is 0 Å². The average molecular weight is 927 g/mol. The number of aromatic nitrogens is 4. The van der Waals surface area contributed by atoms with E-state index in [2.05, 4.69) is 200 Å². The lowest BCUT2D eigenvalue weighted by Crippen LogP contribution is -1.98. The van der Waals surface area contributed by atoms with Crippen LogP contribution in [0.5, 0.6) is 0 Å². The first-order valence-electron chi connectivity index (χ1n) is 23.4. The van der Waals surface area contributed by atoms with Gasteiger partial charge in [-0.25, -0.2) is 15.0 Å². The lowest BCUT2D eigenvalue weighted by atomic mass is 9.92. The first-order chi connectivity index (χ1) is 34.6. The summed E-state index contributed by atoms with van der Waals surface area (Å²) in [5.74, 6) is 0.637. The summed E-state index contributed by atoms with van der Waals surface area (Å²) in [6, 6.07) is 80.6. The summed E-state index contributed by atoms with van der Waals surface area (Å²) < 4.78 is 5.24. The number of hydrogen-bond donors (Lipinski definition) is 0. The van der Waals surface area contributed by atoms with Gasteiger partial charge < -0.3 is 0 Å². The van der Waals surface area contributed by atoms with Gasteiger partial charge in [0.05, 0.1) is 28.1 Å². The topological polar surface area (TPSA) is 51.6 Å². The Bertz CT molecular complexity index is 4170. The van der Waals surface area contributed by atoms with Gasteiger partial charge in [0, 0.05) is 68.4 Å². The van der Waals surface area contributed by atoms with E-state index < -0.39 is 0 Å². The zero-order valence-corrected chi connectivity index (χ0v) is 39.2. The fourth-order valence-electron chi connectivity index (χ4n) is 9.94. The molecule has 0 saturated heterocycles. The van der Waals surface area contributed by atoms with Gasteiger partial charge in [0.25, 0.3) is 0 Å². The molecule has 0 spiro atoms. The van der Waals surface area contributed by atoms with E-state index in [1.807, 2.05) is 53.1 Å². The quantitative estimate of drug-likeness (QED) is 0.149. The van der Waals surface area contributed by atoms with E-state index in [9.17, 15) is 0 Å². The van der Waals surface area contributed by atoms with Gasteiger partial charge in [-0.3, -0.25) is 4.98 Å². The zero-order valence-electron chi connectivity index (χ0n) is 37.5. The molecule has 0 aliphatic carbocycles. The molecule has 0 unspecified atom stereocenters. The van der Waals surface area contributed by atoms with Crippen LogP contribution in [0.25, 0.3) is 141 Å². The van der Waals surface area contributed by atoms with Crippen molar-refractivity contribution in [3.8, 4) is 78.5 Å². The highest BCUT2D eigenvalue weighted by atomic mass is 32.1. The first kappa shape index (κ1) is 40.4. The Morgan fingerprint density at radius 3 is 1.36 bits per heavy atom. The van der Waals surface area contributed by atoms with E-state index in [-0.39, 0.29) is 0 Å². The Morgan fingerprint density at radius 2 is 0.743 bits per heavy atom. The van der Waals surface area contributed by atoms with Gasteiger partial charge in [-0.15, -0.1) is 22.7 Å². The average Bonchev–Trinajstić information content (AvgIpc) is 4.01. The molecule has 0 N–H and O–H groups in total. The van der Waals surface area contributed by atoms with Crippen molar-refractivity contribution in [3.05, 3.63) is 231 Å². The van der Waals surface area contributed by atoms with Gasteiger partial charge in [-0.1, -0.05) is 152 Å². The number of hydrogen-bond acceptors (Lipinski definition) is 6. The summed E-state index contributed by atoms with van der Waals surface area (Å²) in [5.41, 5.74) is 15.2. The van der Waals surface area contributed by atoms with Crippen molar-refractivity contribution in [2.24, 2.45) is 0 Å². The molecule has 0 bridgehead atoms. The number of benzene rings is 9. The molecule has 0 radical (unpaired) electrons. The molecule has 0 aliphatic rings. The maximum atomic E-state index is 5.32. The van der Waals surface area contributed by atoms with Gasteiger partial charge in [0.1, 0.15) is 0 Å². The molecule has 0 amide bonds. The minimum atomic E-state index is 0.637. The maximum Gasteiger partial charge on any atom is 0.160 e. The summed E-state index contributed by atoms with van der Waals surface area (Å²) in [6.07, 6.45) is 1.83. The van der Waals surface area contributed by atoms with Crippen molar-refractivity contribution < 1.29 is 0 Å². The fraction of sp³-hybridized carbons (Fsp3) is 0. The first-order valence-corrected chi connectivity index (χ1v) is 25.0. The molecule has 0 aliphatic heterocycles. The lowest BCUT2D eigenvalue weighted by Gasteiger charge is -2.14. The number of pyridine rings is 2. The van der Waals surface area contributed by atoms with Crippen LogP contribution in [0.4, 0.5) is 0 Å². The van der Waals surface area contributed by atoms with Crippen molar-refractivity contribution >= 4 is 84.8 Å². The van der Waals surface area contributed by atoms with E-state index in [0.29, 0.717) is 5.82 Å². The highest BCUT2D eigenvalue weighted by Gasteiger charge is 2.17. The van der Waals surface area contributed by atoms with Crippen LogP contribution >= 0.6 is 22.7 Å². The Balaban J connectivity index is 0.906. The van der Waals surface area contributed by atoms with Gasteiger partial charge in [0.15, 0.2) is 5.82 Å². The molecule has 6 heteroatoms. The Morgan fingerprint density at radius 1 is 0.257 bits per heavy atom. The monoisotopic (exact) mass is 926 g/mol. The molecule has 0 saturated carbocycles. The summed E-state index contributed by atoms with van der Waals surface area (Å²) in [5, 5.41) is 7.29. The predicted octanol–water partition coefficient (Wildman–Crippen LogP) is 18.0. The summed E-state index contributed by atoms with van der Waals surface area (Å²) in [4.78, 5) is 20.5. The molecular formula is C64H38N4S2. The third-order valence-corrected chi connectivity index (χ3v) is 15.8. The van der Waals surface area contributed by atoms with Gasteiger partial charge in [-0.2, -0.15) is 0 Å². The van der Waals surface area contributed by atoms with Crippen LogP contribution in [0.2, 0.25) is 0 Å². The molecule has 70 heavy (non-hydrogen) atoms. The molecule has 326 valence electrons. The van der Waals surface area contributed by atoms with Crippen LogP contribution in [0.3, 0.4) is 0 Å². The number of fused-ring (bicyclic) bond motifs is 9. The molecular weight excluding hydrogens is 889 g/mol. The van der Waals surface area contributed by atoms with E-state index in [1.165, 1.54) is 62.6 Å². The van der Waals surface area contributed by atoms with Crippen molar-refractivity contribution in [1.29, 1.82) is 0 Å². The normalized spacial score (nSPS) is 11.7. The van der Waals surface area contributed by atoms with E-state index >= 15 is 0 Å². The van der Waals surface area contributed by atoms with Crippen LogP contribution in [0.15, 0.2) is 231 Å².